The number of para-hydroxylation sites is 1. The maximum absolute atomic E-state index is 7.50. The van der Waals surface area contributed by atoms with E-state index in [9.17, 15) is 0 Å². The van der Waals surface area contributed by atoms with E-state index in [2.05, 4.69) is 20.0 Å². The average Bonchev–Trinajstić information content (AvgIpc) is 2.55. The summed E-state index contributed by atoms with van der Waals surface area (Å²) in [6.07, 6.45) is -0.365. The number of ether oxygens (including phenoxy) is 3. The van der Waals surface area contributed by atoms with Crippen LogP contribution < -0.4 is 4.74 Å². The number of benzene rings is 1. The summed E-state index contributed by atoms with van der Waals surface area (Å²) in [6, 6.07) is 7.62. The molecule has 0 N–H and O–H groups in total. The Morgan fingerprint density at radius 1 is 0.850 bits per heavy atom. The Hall–Kier alpha value is -1.31. The van der Waals surface area contributed by atoms with Crippen LogP contribution in [0.1, 0.15) is 11.9 Å². The first kappa shape index (κ1) is 27.1. The van der Waals surface area contributed by atoms with E-state index in [0.29, 0.717) is 0 Å². The number of hydrogen-bond acceptors (Lipinski definition) is 3. The van der Waals surface area contributed by atoms with Gasteiger partial charge in [-0.15, -0.1) is 0 Å². The summed E-state index contributed by atoms with van der Waals surface area (Å²) in [5.74, 6) is 0.774. The van der Waals surface area contributed by atoms with Gasteiger partial charge in [0.25, 0.3) is 0 Å². The van der Waals surface area contributed by atoms with Gasteiger partial charge in [0.15, 0.2) is 6.29 Å². The molecule has 0 heterocycles. The van der Waals surface area contributed by atoms with Gasteiger partial charge in [-0.05, 0) is 6.07 Å². The Morgan fingerprint density at radius 3 is 1.60 bits per heavy atom. The van der Waals surface area contributed by atoms with E-state index in [1.807, 2.05) is 24.3 Å². The predicted octanol–water partition coefficient (Wildman–Crippen LogP) is 1.87. The van der Waals surface area contributed by atoms with Crippen molar-refractivity contribution in [3.63, 3.8) is 0 Å². The summed E-state index contributed by atoms with van der Waals surface area (Å²) in [7, 11) is 4.82. The van der Waals surface area contributed by atoms with E-state index in [1.54, 1.807) is 21.3 Å². The van der Waals surface area contributed by atoms with Crippen molar-refractivity contribution in [3.05, 3.63) is 49.8 Å². The molecule has 6 nitrogen and oxygen atoms in total. The molecule has 7 heteroatoms. The Balaban J connectivity index is -0.000000162. The third-order valence-electron chi connectivity index (χ3n) is 1.82. The summed E-state index contributed by atoms with van der Waals surface area (Å²) in [5.41, 5.74) is 0.898. The molecule has 0 unspecified atom stereocenters. The second-order valence-electron chi connectivity index (χ2n) is 2.55. The minimum absolute atomic E-state index is 0. The summed E-state index contributed by atoms with van der Waals surface area (Å²) >= 11 is 0. The normalized spacial score (nSPS) is 7.10. The largest absolute Gasteiger partial charge is 0 e. The maximum atomic E-state index is 7.50. The smallest absolute Gasteiger partial charge is 0 e. The van der Waals surface area contributed by atoms with Gasteiger partial charge >= 0.3 is 33.9 Å². The predicted molar refractivity (Wildman–Crippen MR) is 61.5 cm³/mol. The molecule has 20 heavy (non-hydrogen) atoms. The van der Waals surface area contributed by atoms with E-state index in [-0.39, 0.29) is 23.7 Å². The van der Waals surface area contributed by atoms with Gasteiger partial charge in [0.2, 0.25) is 0 Å². The summed E-state index contributed by atoms with van der Waals surface area (Å²) in [6.45, 7) is 13.5. The van der Waals surface area contributed by atoms with Crippen molar-refractivity contribution in [3.8, 4) is 5.75 Å². The van der Waals surface area contributed by atoms with Crippen LogP contribution in [-0.2, 0) is 40.8 Å². The third kappa shape index (κ3) is 10.6. The number of hydrogen-bond donors (Lipinski definition) is 0. The zero-order valence-electron chi connectivity index (χ0n) is 11.2. The molecule has 108 valence electrons. The first-order valence-corrected chi connectivity index (χ1v) is 4.63. The molecule has 0 amide bonds. The Labute approximate surface area is 129 Å². The second kappa shape index (κ2) is 22.8. The fourth-order valence-electron chi connectivity index (χ4n) is 1.21. The van der Waals surface area contributed by atoms with E-state index >= 15 is 0 Å². The average molecular weight is 318 g/mol. The van der Waals surface area contributed by atoms with Crippen molar-refractivity contribution < 1.29 is 45.5 Å². The van der Waals surface area contributed by atoms with Gasteiger partial charge in [-0.3, -0.25) is 0 Å². The SMILES string of the molecule is COc1ccccc1C(OC)OC.[C-]#[O+].[C-]#[O+].[C-]#[O+].[Cr]. The van der Waals surface area contributed by atoms with Gasteiger partial charge in [0.05, 0.1) is 7.11 Å². The molecule has 0 bridgehead atoms. The van der Waals surface area contributed by atoms with E-state index < -0.39 is 0 Å². The summed E-state index contributed by atoms with van der Waals surface area (Å²) in [4.78, 5) is 0. The minimum atomic E-state index is -0.365. The quantitative estimate of drug-likeness (QED) is 0.482. The molecule has 0 fully saturated rings. The Kier molecular flexibility index (Phi) is 31.0. The molecular formula is C13H14CrO6. The first-order chi connectivity index (χ1) is 9.33. The Morgan fingerprint density at radius 2 is 1.25 bits per heavy atom. The van der Waals surface area contributed by atoms with Crippen molar-refractivity contribution in [1.82, 2.24) is 0 Å². The Bertz CT molecular complexity index is 356. The van der Waals surface area contributed by atoms with Crippen LogP contribution in [-0.4, -0.2) is 21.3 Å². The molecule has 0 aromatic heterocycles. The zero-order valence-corrected chi connectivity index (χ0v) is 12.5. The van der Waals surface area contributed by atoms with Crippen molar-refractivity contribution in [2.24, 2.45) is 0 Å². The third-order valence-corrected chi connectivity index (χ3v) is 1.82. The second-order valence-corrected chi connectivity index (χ2v) is 2.55. The summed E-state index contributed by atoms with van der Waals surface area (Å²) in [5, 5.41) is 0. The monoisotopic (exact) mass is 318 g/mol. The van der Waals surface area contributed by atoms with Crippen molar-refractivity contribution in [2.45, 2.75) is 6.29 Å². The molecule has 1 rings (SSSR count). The topological polar surface area (TPSA) is 87.4 Å². The molecule has 0 atom stereocenters. The van der Waals surface area contributed by atoms with Crippen LogP contribution >= 0.6 is 0 Å². The minimum Gasteiger partial charge on any atom is 0 e. The molecule has 0 aliphatic carbocycles. The zero-order chi connectivity index (χ0) is 15.7. The maximum Gasteiger partial charge on any atom is 0 e. The van der Waals surface area contributed by atoms with Crippen molar-refractivity contribution in [2.75, 3.05) is 21.3 Å². The van der Waals surface area contributed by atoms with Gasteiger partial charge < -0.3 is 14.2 Å². The van der Waals surface area contributed by atoms with Crippen LogP contribution in [0.3, 0.4) is 0 Å². The van der Waals surface area contributed by atoms with Crippen molar-refractivity contribution in [1.29, 1.82) is 0 Å². The van der Waals surface area contributed by atoms with Gasteiger partial charge in [-0.1, -0.05) is 18.2 Å². The number of methoxy groups -OCH3 is 3. The van der Waals surface area contributed by atoms with Gasteiger partial charge in [-0.25, -0.2) is 0 Å². The molecule has 0 spiro atoms. The van der Waals surface area contributed by atoms with E-state index in [4.69, 9.17) is 28.2 Å². The van der Waals surface area contributed by atoms with E-state index in [0.717, 1.165) is 11.3 Å². The van der Waals surface area contributed by atoms with Crippen LogP contribution in [0.4, 0.5) is 0 Å². The van der Waals surface area contributed by atoms with Crippen LogP contribution in [0, 0.1) is 20.0 Å². The van der Waals surface area contributed by atoms with Crippen LogP contribution in [0.5, 0.6) is 5.75 Å². The first-order valence-electron chi connectivity index (χ1n) is 4.63. The standard InChI is InChI=1S/C10H14O3.3CO.Cr/c1-11-9-7-5-4-6-8(9)10(12-2)13-3;3*1-2;/h4-7,10H,1-3H3;;;;. The molecule has 0 saturated heterocycles. The van der Waals surface area contributed by atoms with Gasteiger partial charge in [-0.2, -0.15) is 0 Å². The van der Waals surface area contributed by atoms with Crippen LogP contribution in [0.2, 0.25) is 0 Å². The molecule has 0 saturated carbocycles. The van der Waals surface area contributed by atoms with E-state index in [1.165, 1.54) is 0 Å². The van der Waals surface area contributed by atoms with Gasteiger partial charge in [0.1, 0.15) is 5.75 Å². The van der Waals surface area contributed by atoms with Crippen molar-refractivity contribution >= 4 is 0 Å². The number of rotatable bonds is 4. The van der Waals surface area contributed by atoms with Gasteiger partial charge in [0, 0.05) is 37.1 Å². The summed E-state index contributed by atoms with van der Waals surface area (Å²) < 4.78 is 37.9. The molecular weight excluding hydrogens is 304 g/mol. The molecule has 1 aromatic rings. The molecule has 0 aliphatic heterocycles. The van der Waals surface area contributed by atoms with Crippen LogP contribution in [0.25, 0.3) is 0 Å². The fraction of sp³-hybridized carbons (Fsp3) is 0.308. The molecule has 1 aromatic carbocycles. The fourth-order valence-corrected chi connectivity index (χ4v) is 1.21. The molecule has 0 aliphatic rings. The van der Waals surface area contributed by atoms with Crippen LogP contribution in [0.15, 0.2) is 24.3 Å². The molecule has 0 radical (unpaired) electrons.